The first-order valence-corrected chi connectivity index (χ1v) is 9.06. The minimum absolute atomic E-state index is 0.502. The normalized spacial score (nSPS) is 14.7. The molecule has 1 saturated heterocycles. The van der Waals surface area contributed by atoms with Crippen molar-refractivity contribution in [3.8, 4) is 11.5 Å². The van der Waals surface area contributed by atoms with E-state index in [1.54, 1.807) is 13.3 Å². The Kier molecular flexibility index (Phi) is 6.36. The number of halogens is 1. The Bertz CT molecular complexity index is 756. The highest BCUT2D eigenvalue weighted by atomic mass is 35.5. The van der Waals surface area contributed by atoms with Crippen molar-refractivity contribution in [1.82, 2.24) is 0 Å². The maximum Gasteiger partial charge on any atom is 0.179 e. The number of benzene rings is 2. The van der Waals surface area contributed by atoms with Crippen LogP contribution in [-0.2, 0) is 4.74 Å². The summed E-state index contributed by atoms with van der Waals surface area (Å²) in [6, 6.07) is 11.9. The standard InChI is InChI=1S/C20H23ClN2O3/c1-3-26-19-13-15(12-18(21)20(19)24-2)14-22-16-4-6-17(7-5-16)23-8-10-25-11-9-23/h4-7,12-14H,3,8-11H2,1-2H3. The van der Waals surface area contributed by atoms with Gasteiger partial charge in [-0.25, -0.2) is 0 Å². The molecule has 1 aliphatic heterocycles. The largest absolute Gasteiger partial charge is 0.491 e. The summed E-state index contributed by atoms with van der Waals surface area (Å²) in [6.07, 6.45) is 1.78. The minimum atomic E-state index is 0.502. The third-order valence-corrected chi connectivity index (χ3v) is 4.41. The van der Waals surface area contributed by atoms with Gasteiger partial charge in [-0.1, -0.05) is 11.6 Å². The van der Waals surface area contributed by atoms with Gasteiger partial charge in [0.2, 0.25) is 0 Å². The van der Waals surface area contributed by atoms with E-state index in [0.717, 1.165) is 37.6 Å². The number of methoxy groups -OCH3 is 1. The van der Waals surface area contributed by atoms with Crippen molar-refractivity contribution < 1.29 is 14.2 Å². The van der Waals surface area contributed by atoms with Gasteiger partial charge >= 0.3 is 0 Å². The predicted molar refractivity (Wildman–Crippen MR) is 106 cm³/mol. The molecule has 1 fully saturated rings. The van der Waals surface area contributed by atoms with Gasteiger partial charge in [0.05, 0.1) is 37.6 Å². The van der Waals surface area contributed by atoms with Crippen molar-refractivity contribution in [3.05, 3.63) is 47.0 Å². The lowest BCUT2D eigenvalue weighted by Gasteiger charge is -2.28. The molecular weight excluding hydrogens is 352 g/mol. The van der Waals surface area contributed by atoms with E-state index in [1.807, 2.05) is 31.2 Å². The molecule has 0 aromatic heterocycles. The first-order chi connectivity index (χ1) is 12.7. The molecule has 6 heteroatoms. The van der Waals surface area contributed by atoms with Crippen LogP contribution >= 0.6 is 11.6 Å². The van der Waals surface area contributed by atoms with Crippen LogP contribution in [0.5, 0.6) is 11.5 Å². The maximum atomic E-state index is 6.28. The van der Waals surface area contributed by atoms with Gasteiger partial charge in [-0.2, -0.15) is 0 Å². The van der Waals surface area contributed by atoms with Crippen LogP contribution in [0.3, 0.4) is 0 Å². The van der Waals surface area contributed by atoms with Crippen molar-refractivity contribution >= 4 is 29.2 Å². The highest BCUT2D eigenvalue weighted by Gasteiger charge is 2.12. The molecular formula is C20H23ClN2O3. The van der Waals surface area contributed by atoms with Crippen LogP contribution in [0.25, 0.3) is 0 Å². The SMILES string of the molecule is CCOc1cc(C=Nc2ccc(N3CCOCC3)cc2)cc(Cl)c1OC. The Morgan fingerprint density at radius 2 is 1.92 bits per heavy atom. The van der Waals surface area contributed by atoms with Crippen LogP contribution in [0.1, 0.15) is 12.5 Å². The average molecular weight is 375 g/mol. The molecule has 1 aliphatic rings. The van der Waals surface area contributed by atoms with E-state index in [2.05, 4.69) is 22.0 Å². The zero-order valence-corrected chi connectivity index (χ0v) is 15.8. The van der Waals surface area contributed by atoms with Crippen LogP contribution in [0.2, 0.25) is 5.02 Å². The molecule has 0 radical (unpaired) electrons. The fourth-order valence-corrected chi connectivity index (χ4v) is 3.14. The third kappa shape index (κ3) is 4.48. The summed E-state index contributed by atoms with van der Waals surface area (Å²) >= 11 is 6.28. The van der Waals surface area contributed by atoms with Crippen molar-refractivity contribution in [3.63, 3.8) is 0 Å². The lowest BCUT2D eigenvalue weighted by atomic mass is 10.2. The van der Waals surface area contributed by atoms with Gasteiger partial charge in [-0.05, 0) is 48.9 Å². The highest BCUT2D eigenvalue weighted by Crippen LogP contribution is 2.36. The van der Waals surface area contributed by atoms with Crippen molar-refractivity contribution in [2.75, 3.05) is 44.9 Å². The van der Waals surface area contributed by atoms with Gasteiger partial charge in [0.15, 0.2) is 11.5 Å². The number of nitrogens with zero attached hydrogens (tertiary/aromatic N) is 2. The zero-order valence-electron chi connectivity index (χ0n) is 15.1. The Morgan fingerprint density at radius 1 is 1.19 bits per heavy atom. The van der Waals surface area contributed by atoms with Gasteiger partial charge in [-0.3, -0.25) is 4.99 Å². The molecule has 5 nitrogen and oxygen atoms in total. The Hall–Kier alpha value is -2.24. The highest BCUT2D eigenvalue weighted by molar-refractivity contribution is 6.32. The van der Waals surface area contributed by atoms with Crippen LogP contribution in [0.4, 0.5) is 11.4 Å². The lowest BCUT2D eigenvalue weighted by Crippen LogP contribution is -2.36. The van der Waals surface area contributed by atoms with Gasteiger partial charge in [0, 0.05) is 25.0 Å². The second kappa shape index (κ2) is 8.92. The molecule has 138 valence electrons. The third-order valence-electron chi connectivity index (χ3n) is 4.12. The molecule has 26 heavy (non-hydrogen) atoms. The van der Waals surface area contributed by atoms with Gasteiger partial charge in [-0.15, -0.1) is 0 Å². The number of hydrogen-bond acceptors (Lipinski definition) is 5. The van der Waals surface area contributed by atoms with E-state index in [-0.39, 0.29) is 0 Å². The molecule has 0 amide bonds. The van der Waals surface area contributed by atoms with Crippen LogP contribution in [0, 0.1) is 0 Å². The minimum Gasteiger partial charge on any atom is -0.491 e. The molecule has 0 N–H and O–H groups in total. The fourth-order valence-electron chi connectivity index (χ4n) is 2.84. The first kappa shape index (κ1) is 18.5. The number of hydrogen-bond donors (Lipinski definition) is 0. The smallest absolute Gasteiger partial charge is 0.179 e. The van der Waals surface area contributed by atoms with E-state index in [1.165, 1.54) is 5.69 Å². The van der Waals surface area contributed by atoms with Crippen LogP contribution in [-0.4, -0.2) is 46.2 Å². The summed E-state index contributed by atoms with van der Waals surface area (Å²) in [5.74, 6) is 1.16. The first-order valence-electron chi connectivity index (χ1n) is 8.68. The summed E-state index contributed by atoms with van der Waals surface area (Å²) in [4.78, 5) is 6.85. The van der Waals surface area contributed by atoms with E-state index in [4.69, 9.17) is 25.8 Å². The van der Waals surface area contributed by atoms with E-state index in [9.17, 15) is 0 Å². The Morgan fingerprint density at radius 3 is 2.58 bits per heavy atom. The molecule has 0 spiro atoms. The van der Waals surface area contributed by atoms with Crippen molar-refractivity contribution in [2.24, 2.45) is 4.99 Å². The molecule has 2 aromatic carbocycles. The average Bonchev–Trinajstić information content (AvgIpc) is 2.68. The summed E-state index contributed by atoms with van der Waals surface area (Å²) < 4.78 is 16.3. The zero-order chi connectivity index (χ0) is 18.4. The molecule has 0 unspecified atom stereocenters. The van der Waals surface area contributed by atoms with Crippen molar-refractivity contribution in [2.45, 2.75) is 6.92 Å². The number of anilines is 1. The Labute approximate surface area is 159 Å². The van der Waals surface area contributed by atoms with Crippen LogP contribution in [0.15, 0.2) is 41.4 Å². The quantitative estimate of drug-likeness (QED) is 0.706. The molecule has 3 rings (SSSR count). The molecule has 0 bridgehead atoms. The topological polar surface area (TPSA) is 43.3 Å². The van der Waals surface area contributed by atoms with Gasteiger partial charge in [0.1, 0.15) is 0 Å². The Balaban J connectivity index is 1.74. The number of ether oxygens (including phenoxy) is 3. The molecule has 0 saturated carbocycles. The maximum absolute atomic E-state index is 6.28. The second-order valence-electron chi connectivity index (χ2n) is 5.84. The number of morpholine rings is 1. The molecule has 1 heterocycles. The summed E-state index contributed by atoms with van der Waals surface area (Å²) in [5.41, 5.74) is 2.93. The number of rotatable bonds is 6. The summed E-state index contributed by atoms with van der Waals surface area (Å²) in [5, 5.41) is 0.502. The van der Waals surface area contributed by atoms with E-state index < -0.39 is 0 Å². The van der Waals surface area contributed by atoms with Gasteiger partial charge < -0.3 is 19.1 Å². The van der Waals surface area contributed by atoms with Crippen LogP contribution < -0.4 is 14.4 Å². The van der Waals surface area contributed by atoms with Crippen molar-refractivity contribution in [1.29, 1.82) is 0 Å². The van der Waals surface area contributed by atoms with E-state index in [0.29, 0.717) is 23.1 Å². The predicted octanol–water partition coefficient (Wildman–Crippen LogP) is 4.33. The van der Waals surface area contributed by atoms with E-state index >= 15 is 0 Å². The second-order valence-corrected chi connectivity index (χ2v) is 6.25. The van der Waals surface area contributed by atoms with Gasteiger partial charge in [0.25, 0.3) is 0 Å². The summed E-state index contributed by atoms with van der Waals surface area (Å²) in [6.45, 7) is 5.86. The number of aliphatic imine (C=N–C) groups is 1. The monoisotopic (exact) mass is 374 g/mol. The lowest BCUT2D eigenvalue weighted by molar-refractivity contribution is 0.122. The molecule has 0 atom stereocenters. The molecule has 0 aliphatic carbocycles. The summed E-state index contributed by atoms with van der Waals surface area (Å²) in [7, 11) is 1.58. The molecule has 2 aromatic rings. The fraction of sp³-hybridized carbons (Fsp3) is 0.350.